The lowest BCUT2D eigenvalue weighted by Crippen LogP contribution is -2.33. The van der Waals surface area contributed by atoms with Gasteiger partial charge in [-0.1, -0.05) is 0 Å². The third kappa shape index (κ3) is 3.45. The van der Waals surface area contributed by atoms with Crippen LogP contribution in [0.1, 0.15) is 18.2 Å². The summed E-state index contributed by atoms with van der Waals surface area (Å²) >= 11 is 0. The maximum absolute atomic E-state index is 12.5. The van der Waals surface area contributed by atoms with E-state index >= 15 is 0 Å². The van der Waals surface area contributed by atoms with Crippen molar-refractivity contribution in [3.63, 3.8) is 0 Å². The van der Waals surface area contributed by atoms with Gasteiger partial charge in [-0.25, -0.2) is 4.98 Å². The summed E-state index contributed by atoms with van der Waals surface area (Å²) in [6, 6.07) is 9.14. The van der Waals surface area contributed by atoms with Gasteiger partial charge in [-0.15, -0.1) is 0 Å². The van der Waals surface area contributed by atoms with E-state index in [0.717, 1.165) is 35.6 Å². The summed E-state index contributed by atoms with van der Waals surface area (Å²) in [6.45, 7) is 1.41. The van der Waals surface area contributed by atoms with Gasteiger partial charge in [-0.05, 0) is 36.8 Å². The number of ether oxygens (including phenoxy) is 2. The predicted molar refractivity (Wildman–Crippen MR) is 101 cm³/mol. The molecule has 3 aromatic rings. The standard InChI is InChI=1S/C20H22N4O3/c1-23-18-11-21-9-7-17(18)22-20(23)14-8-10-24(12-14)19(25)13-27-16-5-3-15(26-2)4-6-16/h3-7,9,11,14H,8,10,12-13H2,1-2H3/t14-/m1/s1. The molecule has 1 aromatic carbocycles. The number of hydrogen-bond donors (Lipinski definition) is 0. The Morgan fingerprint density at radius 2 is 2.00 bits per heavy atom. The van der Waals surface area contributed by atoms with E-state index in [2.05, 4.69) is 9.55 Å². The molecule has 0 radical (unpaired) electrons. The first-order valence-electron chi connectivity index (χ1n) is 8.96. The zero-order valence-corrected chi connectivity index (χ0v) is 15.5. The van der Waals surface area contributed by atoms with Gasteiger partial charge in [-0.2, -0.15) is 0 Å². The smallest absolute Gasteiger partial charge is 0.260 e. The van der Waals surface area contributed by atoms with Gasteiger partial charge in [0, 0.05) is 32.3 Å². The fourth-order valence-corrected chi connectivity index (χ4v) is 3.52. The molecule has 1 fully saturated rings. The molecule has 1 saturated heterocycles. The third-order valence-electron chi connectivity index (χ3n) is 5.05. The summed E-state index contributed by atoms with van der Waals surface area (Å²) in [5.74, 6) is 2.64. The van der Waals surface area contributed by atoms with Gasteiger partial charge in [0.05, 0.1) is 24.3 Å². The maximum atomic E-state index is 12.5. The van der Waals surface area contributed by atoms with Crippen molar-refractivity contribution in [3.05, 3.63) is 48.5 Å². The molecule has 27 heavy (non-hydrogen) atoms. The van der Waals surface area contributed by atoms with Crippen LogP contribution in [0.25, 0.3) is 11.0 Å². The van der Waals surface area contributed by atoms with Crippen LogP contribution in [0.5, 0.6) is 11.5 Å². The Kier molecular flexibility index (Phi) is 4.66. The van der Waals surface area contributed by atoms with Crippen LogP contribution in [0, 0.1) is 0 Å². The number of rotatable bonds is 5. The molecule has 0 bridgehead atoms. The maximum Gasteiger partial charge on any atom is 0.260 e. The lowest BCUT2D eigenvalue weighted by molar-refractivity contribution is -0.132. The number of aryl methyl sites for hydroxylation is 1. The number of carbonyl (C=O) groups is 1. The van der Waals surface area contributed by atoms with Crippen LogP contribution < -0.4 is 9.47 Å². The molecule has 1 amide bonds. The van der Waals surface area contributed by atoms with Crippen LogP contribution in [0.3, 0.4) is 0 Å². The van der Waals surface area contributed by atoms with E-state index in [0.29, 0.717) is 12.3 Å². The Morgan fingerprint density at radius 3 is 2.74 bits per heavy atom. The molecule has 0 saturated carbocycles. The number of imidazole rings is 1. The van der Waals surface area contributed by atoms with Crippen LogP contribution in [-0.2, 0) is 11.8 Å². The number of methoxy groups -OCH3 is 1. The largest absolute Gasteiger partial charge is 0.497 e. The average molecular weight is 366 g/mol. The van der Waals surface area contributed by atoms with Crippen molar-refractivity contribution in [2.24, 2.45) is 7.05 Å². The minimum Gasteiger partial charge on any atom is -0.497 e. The molecular weight excluding hydrogens is 344 g/mol. The van der Waals surface area contributed by atoms with Crippen LogP contribution in [0.15, 0.2) is 42.7 Å². The van der Waals surface area contributed by atoms with Crippen molar-refractivity contribution >= 4 is 16.9 Å². The molecule has 4 rings (SSSR count). The fraction of sp³-hybridized carbons (Fsp3) is 0.350. The topological polar surface area (TPSA) is 69.5 Å². The van der Waals surface area contributed by atoms with Crippen LogP contribution in [0.4, 0.5) is 0 Å². The lowest BCUT2D eigenvalue weighted by Gasteiger charge is -2.17. The average Bonchev–Trinajstić information content (AvgIpc) is 3.32. The van der Waals surface area contributed by atoms with Gasteiger partial charge in [0.15, 0.2) is 6.61 Å². The van der Waals surface area contributed by atoms with E-state index in [1.54, 1.807) is 25.4 Å². The highest BCUT2D eigenvalue weighted by Gasteiger charge is 2.30. The molecule has 7 nitrogen and oxygen atoms in total. The van der Waals surface area contributed by atoms with Gasteiger partial charge in [0.2, 0.25) is 0 Å². The van der Waals surface area contributed by atoms with Crippen LogP contribution in [0.2, 0.25) is 0 Å². The summed E-state index contributed by atoms with van der Waals surface area (Å²) in [5.41, 5.74) is 1.95. The summed E-state index contributed by atoms with van der Waals surface area (Å²) in [7, 11) is 3.62. The summed E-state index contributed by atoms with van der Waals surface area (Å²) in [5, 5.41) is 0. The molecule has 0 aliphatic carbocycles. The molecule has 140 valence electrons. The quantitative estimate of drug-likeness (QED) is 0.693. The highest BCUT2D eigenvalue weighted by atomic mass is 16.5. The summed E-state index contributed by atoms with van der Waals surface area (Å²) in [4.78, 5) is 23.3. The van der Waals surface area contributed by atoms with Gasteiger partial charge >= 0.3 is 0 Å². The van der Waals surface area contributed by atoms with E-state index in [9.17, 15) is 4.79 Å². The number of nitrogens with zero attached hydrogens (tertiary/aromatic N) is 4. The number of hydrogen-bond acceptors (Lipinski definition) is 5. The second-order valence-corrected chi connectivity index (χ2v) is 6.68. The molecule has 3 heterocycles. The summed E-state index contributed by atoms with van der Waals surface area (Å²) in [6.07, 6.45) is 4.48. The van der Waals surface area contributed by atoms with Crippen molar-refractivity contribution < 1.29 is 14.3 Å². The number of carbonyl (C=O) groups excluding carboxylic acids is 1. The second kappa shape index (κ2) is 7.26. The Labute approximate surface area is 157 Å². The van der Waals surface area contributed by atoms with Gasteiger partial charge in [0.1, 0.15) is 17.3 Å². The van der Waals surface area contributed by atoms with Crippen molar-refractivity contribution in [2.75, 3.05) is 26.8 Å². The Hall–Kier alpha value is -3.09. The molecule has 0 unspecified atom stereocenters. The Bertz CT molecular complexity index is 952. The van der Waals surface area contributed by atoms with Crippen LogP contribution >= 0.6 is 0 Å². The number of pyridine rings is 1. The molecule has 1 aliphatic heterocycles. The predicted octanol–water partition coefficient (Wildman–Crippen LogP) is 2.37. The molecule has 1 atom stereocenters. The van der Waals surface area contributed by atoms with Crippen molar-refractivity contribution in [1.29, 1.82) is 0 Å². The number of aromatic nitrogens is 3. The zero-order valence-electron chi connectivity index (χ0n) is 15.5. The zero-order chi connectivity index (χ0) is 18.8. The van der Waals surface area contributed by atoms with E-state index in [1.807, 2.05) is 36.3 Å². The molecule has 1 aliphatic rings. The second-order valence-electron chi connectivity index (χ2n) is 6.68. The lowest BCUT2D eigenvalue weighted by atomic mass is 10.1. The molecule has 0 spiro atoms. The van der Waals surface area contributed by atoms with Gasteiger partial charge in [0.25, 0.3) is 5.91 Å². The first-order chi connectivity index (χ1) is 13.2. The highest BCUT2D eigenvalue weighted by Crippen LogP contribution is 2.28. The van der Waals surface area contributed by atoms with E-state index in [4.69, 9.17) is 14.5 Å². The van der Waals surface area contributed by atoms with Crippen LogP contribution in [-0.4, -0.2) is 52.1 Å². The van der Waals surface area contributed by atoms with Gasteiger partial charge in [-0.3, -0.25) is 9.78 Å². The third-order valence-corrected chi connectivity index (χ3v) is 5.05. The fourth-order valence-electron chi connectivity index (χ4n) is 3.52. The molecule has 2 aromatic heterocycles. The Morgan fingerprint density at radius 1 is 1.22 bits per heavy atom. The first kappa shape index (κ1) is 17.3. The SMILES string of the molecule is COc1ccc(OCC(=O)N2CC[C@@H](c3nc4ccncc4n3C)C2)cc1. The van der Waals surface area contributed by atoms with E-state index < -0.39 is 0 Å². The Balaban J connectivity index is 1.38. The highest BCUT2D eigenvalue weighted by molar-refractivity contribution is 5.78. The van der Waals surface area contributed by atoms with Crippen molar-refractivity contribution in [1.82, 2.24) is 19.4 Å². The molecular formula is C20H22N4O3. The number of likely N-dealkylation sites (tertiary alicyclic amines) is 1. The van der Waals surface area contributed by atoms with E-state index in [-0.39, 0.29) is 18.4 Å². The molecule has 7 heteroatoms. The monoisotopic (exact) mass is 366 g/mol. The molecule has 0 N–H and O–H groups in total. The summed E-state index contributed by atoms with van der Waals surface area (Å²) < 4.78 is 12.8. The van der Waals surface area contributed by atoms with Gasteiger partial charge < -0.3 is 18.9 Å². The minimum atomic E-state index is -0.00579. The van der Waals surface area contributed by atoms with Crippen molar-refractivity contribution in [2.45, 2.75) is 12.3 Å². The first-order valence-corrected chi connectivity index (χ1v) is 8.96. The normalized spacial score (nSPS) is 16.7. The van der Waals surface area contributed by atoms with Crippen molar-refractivity contribution in [3.8, 4) is 11.5 Å². The number of fused-ring (bicyclic) bond motifs is 1. The number of amides is 1. The van der Waals surface area contributed by atoms with E-state index in [1.165, 1.54) is 0 Å². The number of benzene rings is 1. The minimum absolute atomic E-state index is 0.00579.